The van der Waals surface area contributed by atoms with E-state index in [1.54, 1.807) is 0 Å². The highest BCUT2D eigenvalue weighted by molar-refractivity contribution is 14.1. The zero-order valence-corrected chi connectivity index (χ0v) is 13.9. The van der Waals surface area contributed by atoms with E-state index in [2.05, 4.69) is 27.9 Å². The van der Waals surface area contributed by atoms with E-state index in [1.165, 1.54) is 0 Å². The third kappa shape index (κ3) is 4.16. The summed E-state index contributed by atoms with van der Waals surface area (Å²) >= 11 is 2.28. The molecule has 1 aromatic carbocycles. The van der Waals surface area contributed by atoms with Crippen LogP contribution >= 0.6 is 22.6 Å². The van der Waals surface area contributed by atoms with E-state index < -0.39 is 11.7 Å². The standard InChI is InChI=1S/C14H18INO4/c1-14(2,3)20-13(17)16-7-10(15)9-4-5-11-12(6-9)19-8-18-11/h4-6,10H,7-8H2,1-3H3,(H,16,17). The predicted octanol–water partition coefficient (Wildman–Crippen LogP) is 3.42. The van der Waals surface area contributed by atoms with Crippen molar-refractivity contribution in [1.82, 2.24) is 5.32 Å². The van der Waals surface area contributed by atoms with Gasteiger partial charge in [-0.3, -0.25) is 0 Å². The molecule has 1 unspecified atom stereocenters. The molecule has 2 rings (SSSR count). The average Bonchev–Trinajstić information content (AvgIpc) is 2.80. The van der Waals surface area contributed by atoms with Gasteiger partial charge in [0.25, 0.3) is 0 Å². The molecule has 1 amide bonds. The van der Waals surface area contributed by atoms with Gasteiger partial charge >= 0.3 is 6.09 Å². The third-order valence-electron chi connectivity index (χ3n) is 2.58. The Bertz CT molecular complexity index is 498. The number of amides is 1. The van der Waals surface area contributed by atoms with Crippen molar-refractivity contribution in [3.8, 4) is 11.5 Å². The average molecular weight is 391 g/mol. The van der Waals surface area contributed by atoms with Crippen LogP contribution in [-0.2, 0) is 4.74 Å². The topological polar surface area (TPSA) is 56.8 Å². The van der Waals surface area contributed by atoms with Gasteiger partial charge in [0.15, 0.2) is 11.5 Å². The molecule has 0 aliphatic carbocycles. The lowest BCUT2D eigenvalue weighted by Gasteiger charge is -2.20. The van der Waals surface area contributed by atoms with Crippen LogP contribution in [0.1, 0.15) is 30.3 Å². The van der Waals surface area contributed by atoms with Gasteiger partial charge < -0.3 is 19.5 Å². The number of rotatable bonds is 3. The number of hydrogen-bond donors (Lipinski definition) is 1. The maximum absolute atomic E-state index is 11.6. The SMILES string of the molecule is CC(C)(C)OC(=O)NCC(I)c1ccc2c(c1)OCO2. The van der Waals surface area contributed by atoms with Crippen molar-refractivity contribution in [2.24, 2.45) is 0 Å². The summed E-state index contributed by atoms with van der Waals surface area (Å²) in [6.45, 7) is 6.28. The number of carbonyl (C=O) groups excluding carboxylic acids is 1. The van der Waals surface area contributed by atoms with Crippen LogP contribution in [0.2, 0.25) is 0 Å². The Morgan fingerprint density at radius 2 is 2.10 bits per heavy atom. The van der Waals surface area contributed by atoms with E-state index in [0.29, 0.717) is 6.54 Å². The molecule has 110 valence electrons. The Morgan fingerprint density at radius 1 is 1.40 bits per heavy atom. The highest BCUT2D eigenvalue weighted by Crippen LogP contribution is 2.36. The molecule has 1 aromatic rings. The Labute approximate surface area is 132 Å². The van der Waals surface area contributed by atoms with E-state index in [9.17, 15) is 4.79 Å². The molecule has 1 N–H and O–H groups in total. The van der Waals surface area contributed by atoms with Gasteiger partial charge in [-0.25, -0.2) is 4.79 Å². The highest BCUT2D eigenvalue weighted by Gasteiger charge is 2.19. The molecule has 6 heteroatoms. The molecule has 0 spiro atoms. The van der Waals surface area contributed by atoms with Crippen molar-refractivity contribution in [1.29, 1.82) is 0 Å². The number of fused-ring (bicyclic) bond motifs is 1. The molecule has 5 nitrogen and oxygen atoms in total. The molecule has 1 heterocycles. The van der Waals surface area contributed by atoms with Gasteiger partial charge in [0.2, 0.25) is 6.79 Å². The summed E-state index contributed by atoms with van der Waals surface area (Å²) in [5.41, 5.74) is 0.592. The van der Waals surface area contributed by atoms with Gasteiger partial charge in [0.05, 0.1) is 3.92 Å². The van der Waals surface area contributed by atoms with Crippen molar-refractivity contribution in [3.05, 3.63) is 23.8 Å². The summed E-state index contributed by atoms with van der Waals surface area (Å²) in [7, 11) is 0. The molecule has 1 aliphatic rings. The predicted molar refractivity (Wildman–Crippen MR) is 83.6 cm³/mol. The monoisotopic (exact) mass is 391 g/mol. The third-order valence-corrected chi connectivity index (χ3v) is 3.74. The fourth-order valence-corrected chi connectivity index (χ4v) is 2.32. The molecule has 0 saturated carbocycles. The first-order valence-corrected chi connectivity index (χ1v) is 7.60. The molecular weight excluding hydrogens is 373 g/mol. The molecule has 0 bridgehead atoms. The van der Waals surface area contributed by atoms with E-state index in [-0.39, 0.29) is 10.7 Å². The molecular formula is C14H18INO4. The number of alkyl halides is 1. The lowest BCUT2D eigenvalue weighted by molar-refractivity contribution is 0.0528. The Balaban J connectivity index is 1.89. The Hall–Kier alpha value is -1.18. The lowest BCUT2D eigenvalue weighted by Crippen LogP contribution is -2.34. The van der Waals surface area contributed by atoms with Gasteiger partial charge in [-0.1, -0.05) is 28.7 Å². The second-order valence-electron chi connectivity index (χ2n) is 5.46. The van der Waals surface area contributed by atoms with Crippen LogP contribution in [0.5, 0.6) is 11.5 Å². The fourth-order valence-electron chi connectivity index (χ4n) is 1.71. The van der Waals surface area contributed by atoms with Gasteiger partial charge in [0, 0.05) is 6.54 Å². The molecule has 0 saturated heterocycles. The number of alkyl carbamates (subject to hydrolysis) is 1. The summed E-state index contributed by atoms with van der Waals surface area (Å²) in [5.74, 6) is 1.51. The molecule has 0 aromatic heterocycles. The van der Waals surface area contributed by atoms with Crippen LogP contribution < -0.4 is 14.8 Å². The van der Waals surface area contributed by atoms with E-state index >= 15 is 0 Å². The second-order valence-corrected chi connectivity index (χ2v) is 6.97. The fraction of sp³-hybridized carbons (Fsp3) is 0.500. The van der Waals surface area contributed by atoms with Crippen LogP contribution in [0.25, 0.3) is 0 Å². The van der Waals surface area contributed by atoms with Gasteiger partial charge in [0.1, 0.15) is 5.60 Å². The van der Waals surface area contributed by atoms with Crippen LogP contribution in [0.3, 0.4) is 0 Å². The number of hydrogen-bond acceptors (Lipinski definition) is 4. The zero-order chi connectivity index (χ0) is 14.8. The smallest absolute Gasteiger partial charge is 0.407 e. The van der Waals surface area contributed by atoms with Crippen molar-refractivity contribution in [2.45, 2.75) is 30.3 Å². The van der Waals surface area contributed by atoms with Crippen molar-refractivity contribution in [2.75, 3.05) is 13.3 Å². The Kier molecular flexibility index (Phi) is 4.62. The lowest BCUT2D eigenvalue weighted by atomic mass is 10.1. The summed E-state index contributed by atoms with van der Waals surface area (Å²) in [6, 6.07) is 5.80. The number of carbonyl (C=O) groups is 1. The number of nitrogens with one attached hydrogen (secondary N) is 1. The molecule has 1 aliphatic heterocycles. The maximum atomic E-state index is 11.6. The molecule has 20 heavy (non-hydrogen) atoms. The quantitative estimate of drug-likeness (QED) is 0.634. The van der Waals surface area contributed by atoms with Crippen molar-refractivity contribution >= 4 is 28.7 Å². The van der Waals surface area contributed by atoms with Crippen LogP contribution in [0, 0.1) is 0 Å². The Morgan fingerprint density at radius 3 is 2.80 bits per heavy atom. The van der Waals surface area contributed by atoms with Crippen molar-refractivity contribution in [3.63, 3.8) is 0 Å². The van der Waals surface area contributed by atoms with Gasteiger partial charge in [-0.05, 0) is 38.5 Å². The minimum absolute atomic E-state index is 0.134. The summed E-state index contributed by atoms with van der Waals surface area (Å²) in [6.07, 6.45) is -0.403. The summed E-state index contributed by atoms with van der Waals surface area (Å²) in [5, 5.41) is 2.76. The van der Waals surface area contributed by atoms with Crippen LogP contribution in [0.15, 0.2) is 18.2 Å². The van der Waals surface area contributed by atoms with Crippen LogP contribution in [0.4, 0.5) is 4.79 Å². The number of benzene rings is 1. The normalized spacial score (nSPS) is 14.8. The largest absolute Gasteiger partial charge is 0.454 e. The number of ether oxygens (including phenoxy) is 3. The number of halogens is 1. The first kappa shape index (κ1) is 15.2. The molecule has 0 fully saturated rings. The van der Waals surface area contributed by atoms with Crippen molar-refractivity contribution < 1.29 is 19.0 Å². The highest BCUT2D eigenvalue weighted by atomic mass is 127. The second kappa shape index (κ2) is 6.07. The zero-order valence-electron chi connectivity index (χ0n) is 11.7. The molecule has 0 radical (unpaired) electrons. The molecule has 1 atom stereocenters. The first-order chi connectivity index (χ1) is 9.35. The minimum atomic E-state index is -0.483. The summed E-state index contributed by atoms with van der Waals surface area (Å²) < 4.78 is 15.9. The van der Waals surface area contributed by atoms with Gasteiger partial charge in [-0.2, -0.15) is 0 Å². The minimum Gasteiger partial charge on any atom is -0.454 e. The van der Waals surface area contributed by atoms with E-state index in [4.69, 9.17) is 14.2 Å². The van der Waals surface area contributed by atoms with E-state index in [0.717, 1.165) is 17.1 Å². The van der Waals surface area contributed by atoms with E-state index in [1.807, 2.05) is 39.0 Å². The first-order valence-electron chi connectivity index (χ1n) is 6.35. The van der Waals surface area contributed by atoms with Gasteiger partial charge in [-0.15, -0.1) is 0 Å². The maximum Gasteiger partial charge on any atom is 0.407 e. The summed E-state index contributed by atoms with van der Waals surface area (Å²) in [4.78, 5) is 11.6. The van der Waals surface area contributed by atoms with Crippen LogP contribution in [-0.4, -0.2) is 25.0 Å².